The van der Waals surface area contributed by atoms with Crippen LogP contribution in [0.2, 0.25) is 0 Å². The number of anilines is 1. The third kappa shape index (κ3) is 7.20. The Hall–Kier alpha value is -2.12. The molecule has 1 aliphatic rings. The Morgan fingerprint density at radius 1 is 1.22 bits per heavy atom. The number of hydrogen-bond acceptors (Lipinski definition) is 5. The molecular weight excluding hydrogens is 451 g/mol. The molecule has 1 saturated heterocycles. The van der Waals surface area contributed by atoms with E-state index in [9.17, 15) is 9.18 Å². The molecule has 2 atom stereocenters. The molecular formula is C24H30ClFN2O3S. The molecule has 5 nitrogen and oxygen atoms in total. The van der Waals surface area contributed by atoms with Gasteiger partial charge in [-0.1, -0.05) is 30.0 Å². The van der Waals surface area contributed by atoms with E-state index in [0.717, 1.165) is 9.79 Å². The van der Waals surface area contributed by atoms with Gasteiger partial charge in [0.2, 0.25) is 0 Å². The number of piperidine rings is 1. The van der Waals surface area contributed by atoms with Crippen molar-refractivity contribution in [1.82, 2.24) is 4.90 Å². The van der Waals surface area contributed by atoms with E-state index in [-0.39, 0.29) is 6.54 Å². The Balaban J connectivity index is 1.67. The predicted octanol–water partition coefficient (Wildman–Crippen LogP) is 6.21. The van der Waals surface area contributed by atoms with Crippen molar-refractivity contribution in [3.8, 4) is 5.75 Å². The van der Waals surface area contributed by atoms with E-state index in [0.29, 0.717) is 36.9 Å². The van der Waals surface area contributed by atoms with E-state index in [1.165, 1.54) is 4.90 Å². The van der Waals surface area contributed by atoms with Crippen LogP contribution in [0.25, 0.3) is 0 Å². The molecule has 3 rings (SSSR count). The van der Waals surface area contributed by atoms with Crippen LogP contribution in [0.15, 0.2) is 58.3 Å². The topological polar surface area (TPSA) is 50.8 Å². The summed E-state index contributed by atoms with van der Waals surface area (Å²) in [6.45, 7) is 6.17. The zero-order chi connectivity index (χ0) is 23.1. The van der Waals surface area contributed by atoms with E-state index in [1.54, 1.807) is 32.5 Å². The van der Waals surface area contributed by atoms with Gasteiger partial charge >= 0.3 is 6.09 Å². The van der Waals surface area contributed by atoms with E-state index in [2.05, 4.69) is 5.32 Å². The molecule has 8 heteroatoms. The van der Waals surface area contributed by atoms with Gasteiger partial charge in [-0.3, -0.25) is 0 Å². The normalized spacial score (nSPS) is 18.8. The molecule has 32 heavy (non-hydrogen) atoms. The largest absolute Gasteiger partial charge is 0.490 e. The molecule has 1 amide bonds. The Morgan fingerprint density at radius 3 is 2.62 bits per heavy atom. The third-order valence-electron chi connectivity index (χ3n) is 4.80. The van der Waals surface area contributed by atoms with Crippen LogP contribution >= 0.6 is 23.4 Å². The van der Waals surface area contributed by atoms with Crippen LogP contribution in [0.4, 0.5) is 14.9 Å². The lowest BCUT2D eigenvalue weighted by Gasteiger charge is -2.36. The molecule has 0 saturated carbocycles. The van der Waals surface area contributed by atoms with Crippen LogP contribution in [0.3, 0.4) is 0 Å². The van der Waals surface area contributed by atoms with Crippen molar-refractivity contribution in [3.05, 3.63) is 48.5 Å². The molecule has 0 spiro atoms. The molecule has 0 aliphatic carbocycles. The number of alkyl halides is 2. The van der Waals surface area contributed by atoms with Crippen LogP contribution in [0.5, 0.6) is 5.75 Å². The summed E-state index contributed by atoms with van der Waals surface area (Å²) in [5, 5.41) is 3.28. The zero-order valence-electron chi connectivity index (χ0n) is 18.6. The fourth-order valence-electron chi connectivity index (χ4n) is 3.34. The quantitative estimate of drug-likeness (QED) is 0.477. The fraction of sp³-hybridized carbons (Fsp3) is 0.458. The van der Waals surface area contributed by atoms with Gasteiger partial charge in [-0.15, -0.1) is 11.6 Å². The highest BCUT2D eigenvalue weighted by Gasteiger charge is 2.34. The summed E-state index contributed by atoms with van der Waals surface area (Å²) < 4.78 is 26.2. The smallest absolute Gasteiger partial charge is 0.410 e. The van der Waals surface area contributed by atoms with Crippen molar-refractivity contribution in [3.63, 3.8) is 0 Å². The molecule has 174 valence electrons. The van der Waals surface area contributed by atoms with Gasteiger partial charge in [-0.25, -0.2) is 9.18 Å². The summed E-state index contributed by atoms with van der Waals surface area (Å²) in [6, 6.07) is 15.5. The fourth-order valence-corrected chi connectivity index (χ4v) is 4.28. The van der Waals surface area contributed by atoms with Gasteiger partial charge in [0.1, 0.15) is 24.1 Å². The van der Waals surface area contributed by atoms with Gasteiger partial charge in [-0.2, -0.15) is 0 Å². The summed E-state index contributed by atoms with van der Waals surface area (Å²) in [7, 11) is 0. The van der Waals surface area contributed by atoms with Crippen molar-refractivity contribution in [2.75, 3.05) is 30.9 Å². The Kier molecular flexibility index (Phi) is 8.54. The Morgan fingerprint density at radius 2 is 1.97 bits per heavy atom. The van der Waals surface area contributed by atoms with Gasteiger partial charge in [-0.05, 0) is 57.5 Å². The van der Waals surface area contributed by atoms with Crippen molar-refractivity contribution >= 4 is 35.1 Å². The zero-order valence-corrected chi connectivity index (χ0v) is 20.2. The van der Waals surface area contributed by atoms with Crippen LogP contribution in [-0.4, -0.2) is 54.4 Å². The highest BCUT2D eigenvalue weighted by Crippen LogP contribution is 2.35. The van der Waals surface area contributed by atoms with Crippen molar-refractivity contribution in [2.45, 2.75) is 54.8 Å². The second kappa shape index (κ2) is 11.1. The molecule has 1 fully saturated rings. The number of nitrogens with zero attached hydrogens (tertiary/aromatic N) is 1. The first-order chi connectivity index (χ1) is 15.2. The van der Waals surface area contributed by atoms with Crippen molar-refractivity contribution < 1.29 is 18.7 Å². The molecule has 0 radical (unpaired) electrons. The van der Waals surface area contributed by atoms with Crippen LogP contribution in [0.1, 0.15) is 27.2 Å². The van der Waals surface area contributed by atoms with Crippen molar-refractivity contribution in [2.24, 2.45) is 0 Å². The second-order valence-corrected chi connectivity index (χ2v) is 10.1. The number of carbonyl (C=O) groups excluding carboxylic acids is 1. The van der Waals surface area contributed by atoms with Crippen molar-refractivity contribution in [1.29, 1.82) is 0 Å². The molecule has 1 N–H and O–H groups in total. The number of carbonyl (C=O) groups is 1. The molecule has 1 heterocycles. The maximum Gasteiger partial charge on any atom is 0.410 e. The first kappa shape index (κ1) is 24.5. The average Bonchev–Trinajstić information content (AvgIpc) is 2.74. The number of nitrogens with one attached hydrogen (secondary N) is 1. The number of amides is 1. The SMILES string of the molecule is CC(C)(C)OC(=O)N1CCC(Nc2ccc(Sc3ccccc3)cc2OCCCl)C(F)C1. The Bertz CT molecular complexity index is 895. The van der Waals surface area contributed by atoms with Gasteiger partial charge in [0.15, 0.2) is 0 Å². The molecule has 2 unspecified atom stereocenters. The monoisotopic (exact) mass is 480 g/mol. The minimum atomic E-state index is -1.23. The number of ether oxygens (including phenoxy) is 2. The highest BCUT2D eigenvalue weighted by molar-refractivity contribution is 7.99. The highest BCUT2D eigenvalue weighted by atomic mass is 35.5. The number of halogens is 2. The molecule has 2 aromatic carbocycles. The molecule has 1 aliphatic heterocycles. The van der Waals surface area contributed by atoms with Gasteiger partial charge in [0.05, 0.1) is 24.2 Å². The number of rotatable bonds is 7. The number of hydrogen-bond donors (Lipinski definition) is 1. The standard InChI is InChI=1S/C24H30ClFN2O3S/c1-24(2,3)31-23(29)28-13-11-20(19(26)16-28)27-21-10-9-18(15-22(21)30-14-12-25)32-17-7-5-4-6-8-17/h4-10,15,19-20,27H,11-14,16H2,1-3H3. The summed E-state index contributed by atoms with van der Waals surface area (Å²) >= 11 is 7.45. The second-order valence-electron chi connectivity index (χ2n) is 8.59. The molecule has 0 bridgehead atoms. The lowest BCUT2D eigenvalue weighted by molar-refractivity contribution is 0.0125. The first-order valence-electron chi connectivity index (χ1n) is 10.7. The third-order valence-corrected chi connectivity index (χ3v) is 5.95. The summed E-state index contributed by atoms with van der Waals surface area (Å²) in [6.07, 6.45) is -1.24. The number of benzene rings is 2. The lowest BCUT2D eigenvalue weighted by Crippen LogP contribution is -2.51. The van der Waals surface area contributed by atoms with E-state index in [4.69, 9.17) is 21.1 Å². The minimum absolute atomic E-state index is 0.00755. The average molecular weight is 481 g/mol. The minimum Gasteiger partial charge on any atom is -0.490 e. The predicted molar refractivity (Wildman–Crippen MR) is 128 cm³/mol. The van der Waals surface area contributed by atoms with Gasteiger partial charge in [0.25, 0.3) is 0 Å². The van der Waals surface area contributed by atoms with E-state index >= 15 is 0 Å². The molecule has 0 aromatic heterocycles. The van der Waals surface area contributed by atoms with E-state index in [1.807, 2.05) is 48.5 Å². The van der Waals surface area contributed by atoms with Crippen LogP contribution in [0, 0.1) is 0 Å². The van der Waals surface area contributed by atoms with Crippen LogP contribution < -0.4 is 10.1 Å². The van der Waals surface area contributed by atoms with Crippen LogP contribution in [-0.2, 0) is 4.74 Å². The summed E-state index contributed by atoms with van der Waals surface area (Å²) in [4.78, 5) is 15.8. The first-order valence-corrected chi connectivity index (χ1v) is 12.0. The number of likely N-dealkylation sites (tertiary alicyclic amines) is 1. The van der Waals surface area contributed by atoms with E-state index < -0.39 is 23.9 Å². The maximum absolute atomic E-state index is 14.9. The Labute approximate surface area is 198 Å². The maximum atomic E-state index is 14.9. The summed E-state index contributed by atoms with van der Waals surface area (Å²) in [5.41, 5.74) is 0.109. The van der Waals surface area contributed by atoms with Gasteiger partial charge < -0.3 is 19.7 Å². The van der Waals surface area contributed by atoms with Gasteiger partial charge in [0, 0.05) is 16.3 Å². The molecule has 2 aromatic rings. The lowest BCUT2D eigenvalue weighted by atomic mass is 10.0. The summed E-state index contributed by atoms with van der Waals surface area (Å²) in [5.74, 6) is 0.989.